The minimum Gasteiger partial charge on any atom is -0.481 e. The van der Waals surface area contributed by atoms with Gasteiger partial charge in [-0.25, -0.2) is 0 Å². The van der Waals surface area contributed by atoms with Crippen LogP contribution in [0.2, 0.25) is 0 Å². The Kier molecular flexibility index (Phi) is 6.35. The summed E-state index contributed by atoms with van der Waals surface area (Å²) >= 11 is 0. The first-order valence-corrected chi connectivity index (χ1v) is 4.76. The maximum Gasteiger partial charge on any atom is 0.404 e. The van der Waals surface area contributed by atoms with Gasteiger partial charge in [-0.1, -0.05) is 0 Å². The van der Waals surface area contributed by atoms with Crippen molar-refractivity contribution in [2.45, 2.75) is 25.1 Å². The van der Waals surface area contributed by atoms with Crippen LogP contribution in [-0.4, -0.2) is 55.5 Å². The SMILES string of the molecule is COCCCN(C)C(CC(=O)O)C(F)(F)F. The molecular weight excluding hydrogens is 227 g/mol. The number of rotatable bonds is 7. The number of hydrogen-bond acceptors (Lipinski definition) is 3. The van der Waals surface area contributed by atoms with Gasteiger partial charge in [-0.3, -0.25) is 9.69 Å². The van der Waals surface area contributed by atoms with Crippen molar-refractivity contribution in [3.8, 4) is 0 Å². The molecule has 16 heavy (non-hydrogen) atoms. The van der Waals surface area contributed by atoms with Gasteiger partial charge in [0.2, 0.25) is 0 Å². The molecule has 0 aromatic rings. The first-order chi connectivity index (χ1) is 7.29. The molecule has 1 atom stereocenters. The minimum atomic E-state index is -4.53. The van der Waals surface area contributed by atoms with E-state index in [-0.39, 0.29) is 6.54 Å². The van der Waals surface area contributed by atoms with Gasteiger partial charge in [0.05, 0.1) is 6.42 Å². The zero-order valence-corrected chi connectivity index (χ0v) is 9.25. The third kappa shape index (κ3) is 5.92. The van der Waals surface area contributed by atoms with Gasteiger partial charge in [0.25, 0.3) is 0 Å². The van der Waals surface area contributed by atoms with Crippen molar-refractivity contribution in [1.29, 1.82) is 0 Å². The van der Waals surface area contributed by atoms with Gasteiger partial charge < -0.3 is 9.84 Å². The van der Waals surface area contributed by atoms with Crippen LogP contribution < -0.4 is 0 Å². The molecule has 0 aromatic heterocycles. The topological polar surface area (TPSA) is 49.8 Å². The third-order valence-electron chi connectivity index (χ3n) is 2.14. The molecule has 0 aliphatic heterocycles. The third-order valence-corrected chi connectivity index (χ3v) is 2.14. The van der Waals surface area contributed by atoms with Crippen LogP contribution in [0.1, 0.15) is 12.8 Å². The van der Waals surface area contributed by atoms with Gasteiger partial charge in [0, 0.05) is 20.3 Å². The summed E-state index contributed by atoms with van der Waals surface area (Å²) in [5.41, 5.74) is 0. The zero-order valence-electron chi connectivity index (χ0n) is 9.25. The molecule has 0 amide bonds. The molecule has 0 aliphatic rings. The van der Waals surface area contributed by atoms with E-state index < -0.39 is 24.6 Å². The molecule has 0 fully saturated rings. The first kappa shape index (κ1) is 15.2. The van der Waals surface area contributed by atoms with E-state index in [1.807, 2.05) is 0 Å². The van der Waals surface area contributed by atoms with Crippen LogP contribution in [0.25, 0.3) is 0 Å². The molecular formula is C9H16F3NO3. The maximum absolute atomic E-state index is 12.5. The fraction of sp³-hybridized carbons (Fsp3) is 0.889. The molecule has 0 aromatic carbocycles. The molecule has 0 rings (SSSR count). The van der Waals surface area contributed by atoms with Crippen LogP contribution in [0.4, 0.5) is 13.2 Å². The predicted molar refractivity (Wildman–Crippen MR) is 51.2 cm³/mol. The lowest BCUT2D eigenvalue weighted by Crippen LogP contribution is -2.45. The number of ether oxygens (including phenoxy) is 1. The summed E-state index contributed by atoms with van der Waals surface area (Å²) in [6.07, 6.45) is -5.04. The highest BCUT2D eigenvalue weighted by atomic mass is 19.4. The van der Waals surface area contributed by atoms with Crippen molar-refractivity contribution in [3.05, 3.63) is 0 Å². The van der Waals surface area contributed by atoms with Gasteiger partial charge in [0.15, 0.2) is 0 Å². The molecule has 7 heteroatoms. The molecule has 0 bridgehead atoms. The Hall–Kier alpha value is -0.820. The summed E-state index contributed by atoms with van der Waals surface area (Å²) in [5.74, 6) is -1.46. The predicted octanol–water partition coefficient (Wildman–Crippen LogP) is 1.36. The molecule has 1 N–H and O–H groups in total. The molecule has 0 spiro atoms. The Labute approximate surface area is 92.0 Å². The molecule has 4 nitrogen and oxygen atoms in total. The summed E-state index contributed by atoms with van der Waals surface area (Å²) < 4.78 is 42.2. The fourth-order valence-corrected chi connectivity index (χ4v) is 1.30. The van der Waals surface area contributed by atoms with Crippen molar-refractivity contribution in [2.24, 2.45) is 0 Å². The van der Waals surface area contributed by atoms with Crippen molar-refractivity contribution in [3.63, 3.8) is 0 Å². The van der Waals surface area contributed by atoms with Gasteiger partial charge >= 0.3 is 12.1 Å². The highest BCUT2D eigenvalue weighted by molar-refractivity contribution is 5.67. The van der Waals surface area contributed by atoms with Gasteiger partial charge in [-0.15, -0.1) is 0 Å². The van der Waals surface area contributed by atoms with E-state index >= 15 is 0 Å². The van der Waals surface area contributed by atoms with E-state index in [4.69, 9.17) is 9.84 Å². The highest BCUT2D eigenvalue weighted by Crippen LogP contribution is 2.26. The molecule has 0 saturated carbocycles. The number of aliphatic carboxylic acids is 1. The van der Waals surface area contributed by atoms with Crippen LogP contribution in [0.5, 0.6) is 0 Å². The lowest BCUT2D eigenvalue weighted by Gasteiger charge is -2.28. The summed E-state index contributed by atoms with van der Waals surface area (Å²) in [7, 11) is 2.72. The number of alkyl halides is 3. The highest BCUT2D eigenvalue weighted by Gasteiger charge is 2.43. The Bertz CT molecular complexity index is 221. The lowest BCUT2D eigenvalue weighted by molar-refractivity contribution is -0.187. The smallest absolute Gasteiger partial charge is 0.404 e. The second-order valence-electron chi connectivity index (χ2n) is 3.48. The molecule has 0 saturated heterocycles. The van der Waals surface area contributed by atoms with Crippen LogP contribution in [-0.2, 0) is 9.53 Å². The quantitative estimate of drug-likeness (QED) is 0.686. The maximum atomic E-state index is 12.5. The second-order valence-corrected chi connectivity index (χ2v) is 3.48. The lowest BCUT2D eigenvalue weighted by atomic mass is 10.1. The number of nitrogens with zero attached hydrogens (tertiary/aromatic N) is 1. The average molecular weight is 243 g/mol. The van der Waals surface area contributed by atoms with Crippen molar-refractivity contribution in [1.82, 2.24) is 4.90 Å². The Balaban J connectivity index is 4.33. The molecule has 96 valence electrons. The van der Waals surface area contributed by atoms with Gasteiger partial charge in [0.1, 0.15) is 6.04 Å². The van der Waals surface area contributed by atoms with Crippen LogP contribution >= 0.6 is 0 Å². The number of methoxy groups -OCH3 is 1. The van der Waals surface area contributed by atoms with E-state index in [0.717, 1.165) is 4.90 Å². The number of carbonyl (C=O) groups is 1. The Morgan fingerprint density at radius 1 is 1.50 bits per heavy atom. The molecule has 0 radical (unpaired) electrons. The molecule has 0 aliphatic carbocycles. The number of hydrogen-bond donors (Lipinski definition) is 1. The van der Waals surface area contributed by atoms with Gasteiger partial charge in [-0.05, 0) is 13.5 Å². The second kappa shape index (κ2) is 6.70. The van der Waals surface area contributed by atoms with Gasteiger partial charge in [-0.2, -0.15) is 13.2 Å². The number of halogens is 3. The summed E-state index contributed by atoms with van der Waals surface area (Å²) in [4.78, 5) is 11.3. The van der Waals surface area contributed by atoms with Crippen LogP contribution in [0.3, 0.4) is 0 Å². The number of carboxylic acids is 1. The standard InChI is InChI=1S/C9H16F3NO3/c1-13(4-3-5-16-2)7(6-8(14)15)9(10,11)12/h7H,3-6H2,1-2H3,(H,14,15). The molecule has 0 heterocycles. The van der Waals surface area contributed by atoms with E-state index in [2.05, 4.69) is 0 Å². The van der Waals surface area contributed by atoms with Crippen molar-refractivity contribution >= 4 is 5.97 Å². The van der Waals surface area contributed by atoms with E-state index in [1.165, 1.54) is 14.2 Å². The summed E-state index contributed by atoms with van der Waals surface area (Å²) in [6.45, 7) is 0.493. The van der Waals surface area contributed by atoms with Crippen molar-refractivity contribution < 1.29 is 27.8 Å². The first-order valence-electron chi connectivity index (χ1n) is 4.76. The number of carboxylic acid groups (broad SMARTS) is 1. The minimum absolute atomic E-state index is 0.144. The zero-order chi connectivity index (χ0) is 12.8. The summed E-state index contributed by atoms with van der Waals surface area (Å²) in [5, 5.41) is 8.42. The summed E-state index contributed by atoms with van der Waals surface area (Å²) in [6, 6.07) is -1.94. The van der Waals surface area contributed by atoms with Crippen molar-refractivity contribution in [2.75, 3.05) is 27.3 Å². The van der Waals surface area contributed by atoms with Crippen LogP contribution in [0, 0.1) is 0 Å². The normalized spacial score (nSPS) is 14.1. The van der Waals surface area contributed by atoms with E-state index in [0.29, 0.717) is 13.0 Å². The Morgan fingerprint density at radius 2 is 2.06 bits per heavy atom. The fourth-order valence-electron chi connectivity index (χ4n) is 1.30. The largest absolute Gasteiger partial charge is 0.481 e. The Morgan fingerprint density at radius 3 is 2.44 bits per heavy atom. The molecule has 1 unspecified atom stereocenters. The van der Waals surface area contributed by atoms with E-state index in [1.54, 1.807) is 0 Å². The van der Waals surface area contributed by atoms with Crippen LogP contribution in [0.15, 0.2) is 0 Å². The average Bonchev–Trinajstić information content (AvgIpc) is 2.12. The monoisotopic (exact) mass is 243 g/mol. The van der Waals surface area contributed by atoms with E-state index in [9.17, 15) is 18.0 Å².